The molecule has 0 bridgehead atoms. The Balaban J connectivity index is 2.72. The van der Waals surface area contributed by atoms with Crippen molar-refractivity contribution < 1.29 is 14.3 Å². The highest BCUT2D eigenvalue weighted by Gasteiger charge is 2.13. The fourth-order valence-electron chi connectivity index (χ4n) is 1.85. The molecule has 0 aliphatic heterocycles. The van der Waals surface area contributed by atoms with Crippen molar-refractivity contribution in [1.82, 2.24) is 0 Å². The lowest BCUT2D eigenvalue weighted by Crippen LogP contribution is -2.22. The minimum atomic E-state index is -0.256. The lowest BCUT2D eigenvalue weighted by atomic mass is 10.0. The van der Waals surface area contributed by atoms with E-state index >= 15 is 0 Å². The zero-order valence-electron chi connectivity index (χ0n) is 12.3. The highest BCUT2D eigenvalue weighted by molar-refractivity contribution is 6.35. The molecule has 1 aromatic rings. The smallest absolute Gasteiger partial charge is 0.305 e. The predicted octanol–water partition coefficient (Wildman–Crippen LogP) is 3.61. The third-order valence-electron chi connectivity index (χ3n) is 3.09. The number of rotatable bonds is 8. The third kappa shape index (κ3) is 6.12. The van der Waals surface area contributed by atoms with Crippen LogP contribution in [-0.2, 0) is 16.0 Å². The van der Waals surface area contributed by atoms with Crippen LogP contribution in [0.1, 0.15) is 31.7 Å². The lowest BCUT2D eigenvalue weighted by molar-refractivity contribution is -0.140. The van der Waals surface area contributed by atoms with Gasteiger partial charge in [-0.1, -0.05) is 30.1 Å². The minimum Gasteiger partial charge on any atom is -0.492 e. The van der Waals surface area contributed by atoms with E-state index in [4.69, 9.17) is 33.7 Å². The van der Waals surface area contributed by atoms with Gasteiger partial charge < -0.3 is 15.2 Å². The molecule has 0 saturated heterocycles. The zero-order valence-corrected chi connectivity index (χ0v) is 13.8. The summed E-state index contributed by atoms with van der Waals surface area (Å²) in [6, 6.07) is 3.48. The highest BCUT2D eigenvalue weighted by atomic mass is 35.5. The van der Waals surface area contributed by atoms with Gasteiger partial charge >= 0.3 is 5.97 Å². The van der Waals surface area contributed by atoms with E-state index in [-0.39, 0.29) is 12.0 Å². The lowest BCUT2D eigenvalue weighted by Gasteiger charge is -2.16. The molecule has 0 aromatic heterocycles. The summed E-state index contributed by atoms with van der Waals surface area (Å²) in [6.45, 7) is 2.40. The molecule has 6 heteroatoms. The molecule has 0 fully saturated rings. The Morgan fingerprint density at radius 2 is 2.10 bits per heavy atom. The molecule has 118 valence electrons. The average molecular weight is 334 g/mol. The van der Waals surface area contributed by atoms with E-state index in [2.05, 4.69) is 4.74 Å². The summed E-state index contributed by atoms with van der Waals surface area (Å²) in [6.07, 6.45) is 2.37. The Morgan fingerprint density at radius 3 is 2.71 bits per heavy atom. The summed E-state index contributed by atoms with van der Waals surface area (Å²) in [5, 5.41) is 1.01. The number of hydrogen-bond donors (Lipinski definition) is 1. The number of carbonyl (C=O) groups excluding carboxylic acids is 1. The van der Waals surface area contributed by atoms with Gasteiger partial charge in [0, 0.05) is 17.5 Å². The van der Waals surface area contributed by atoms with Crippen LogP contribution in [0.3, 0.4) is 0 Å². The normalized spacial score (nSPS) is 12.0. The van der Waals surface area contributed by atoms with Gasteiger partial charge in [0.1, 0.15) is 5.75 Å². The molecule has 0 aliphatic rings. The van der Waals surface area contributed by atoms with Crippen LogP contribution in [0.4, 0.5) is 0 Å². The number of methoxy groups -OCH3 is 1. The minimum absolute atomic E-state index is 0.0250. The van der Waals surface area contributed by atoms with Crippen LogP contribution in [0.2, 0.25) is 10.0 Å². The number of benzene rings is 1. The van der Waals surface area contributed by atoms with Gasteiger partial charge in [0.2, 0.25) is 0 Å². The van der Waals surface area contributed by atoms with Gasteiger partial charge in [0.25, 0.3) is 0 Å². The highest BCUT2D eigenvalue weighted by Crippen LogP contribution is 2.33. The van der Waals surface area contributed by atoms with Crippen LogP contribution < -0.4 is 10.5 Å². The quantitative estimate of drug-likeness (QED) is 0.583. The van der Waals surface area contributed by atoms with Gasteiger partial charge in [-0.2, -0.15) is 0 Å². The fourth-order valence-corrected chi connectivity index (χ4v) is 2.44. The Morgan fingerprint density at radius 1 is 1.38 bits per heavy atom. The summed E-state index contributed by atoms with van der Waals surface area (Å²) in [5.74, 6) is 0.337. The molecule has 21 heavy (non-hydrogen) atoms. The molecule has 0 amide bonds. The molecule has 4 nitrogen and oxygen atoms in total. The zero-order chi connectivity index (χ0) is 15.8. The van der Waals surface area contributed by atoms with Crippen LogP contribution in [0.15, 0.2) is 12.1 Å². The van der Waals surface area contributed by atoms with Gasteiger partial charge in [0.05, 0.1) is 18.7 Å². The van der Waals surface area contributed by atoms with Crippen molar-refractivity contribution in [2.24, 2.45) is 5.73 Å². The molecule has 1 unspecified atom stereocenters. The Hall–Kier alpha value is -0.970. The Labute approximate surface area is 135 Å². The van der Waals surface area contributed by atoms with Crippen LogP contribution in [0.25, 0.3) is 0 Å². The molecular formula is C15H21Cl2NO3. The first-order chi connectivity index (χ1) is 9.97. The van der Waals surface area contributed by atoms with E-state index in [0.717, 1.165) is 12.0 Å². The SMILES string of the molecule is CCC(N)Cc1cc(Cl)cc(Cl)c1OCCCC(=O)OC. The van der Waals surface area contributed by atoms with Gasteiger partial charge in [-0.15, -0.1) is 0 Å². The van der Waals surface area contributed by atoms with Crippen molar-refractivity contribution in [3.8, 4) is 5.75 Å². The molecule has 1 atom stereocenters. The predicted molar refractivity (Wildman–Crippen MR) is 85.2 cm³/mol. The van der Waals surface area contributed by atoms with Crippen molar-refractivity contribution in [3.63, 3.8) is 0 Å². The molecular weight excluding hydrogens is 313 g/mol. The molecule has 0 aliphatic carbocycles. The topological polar surface area (TPSA) is 61.5 Å². The first kappa shape index (κ1) is 18.1. The summed E-state index contributed by atoms with van der Waals surface area (Å²) in [7, 11) is 1.36. The van der Waals surface area contributed by atoms with Crippen molar-refractivity contribution in [2.45, 2.75) is 38.6 Å². The maximum atomic E-state index is 11.0. The van der Waals surface area contributed by atoms with E-state index in [9.17, 15) is 4.79 Å². The third-order valence-corrected chi connectivity index (χ3v) is 3.59. The fraction of sp³-hybridized carbons (Fsp3) is 0.533. The van der Waals surface area contributed by atoms with Crippen LogP contribution in [0.5, 0.6) is 5.75 Å². The number of esters is 1. The van der Waals surface area contributed by atoms with Crippen molar-refractivity contribution in [3.05, 3.63) is 27.7 Å². The van der Waals surface area contributed by atoms with Crippen molar-refractivity contribution in [1.29, 1.82) is 0 Å². The van der Waals surface area contributed by atoms with Gasteiger partial charge in [-0.25, -0.2) is 0 Å². The maximum Gasteiger partial charge on any atom is 0.305 e. The van der Waals surface area contributed by atoms with Gasteiger partial charge in [0.15, 0.2) is 0 Å². The molecule has 1 aromatic carbocycles. The van der Waals surface area contributed by atoms with Crippen molar-refractivity contribution in [2.75, 3.05) is 13.7 Å². The summed E-state index contributed by atoms with van der Waals surface area (Å²) < 4.78 is 10.3. The van der Waals surface area contributed by atoms with Gasteiger partial charge in [-0.05, 0) is 37.0 Å². The van der Waals surface area contributed by atoms with Crippen LogP contribution in [0, 0.1) is 0 Å². The number of carbonyl (C=O) groups is 1. The summed E-state index contributed by atoms with van der Waals surface area (Å²) >= 11 is 12.2. The molecule has 1 rings (SSSR count). The second-order valence-electron chi connectivity index (χ2n) is 4.78. The van der Waals surface area contributed by atoms with Crippen LogP contribution in [-0.4, -0.2) is 25.7 Å². The monoisotopic (exact) mass is 333 g/mol. The second kappa shape index (κ2) is 9.13. The molecule has 0 saturated carbocycles. The molecule has 0 spiro atoms. The first-order valence-electron chi connectivity index (χ1n) is 6.91. The van der Waals surface area contributed by atoms with E-state index in [1.54, 1.807) is 6.07 Å². The molecule has 0 heterocycles. The van der Waals surface area contributed by atoms with E-state index in [1.807, 2.05) is 13.0 Å². The van der Waals surface area contributed by atoms with Crippen molar-refractivity contribution >= 4 is 29.2 Å². The number of hydrogen-bond acceptors (Lipinski definition) is 4. The second-order valence-corrected chi connectivity index (χ2v) is 5.62. The van der Waals surface area contributed by atoms with Gasteiger partial charge in [-0.3, -0.25) is 4.79 Å². The Bertz CT molecular complexity index is 480. The summed E-state index contributed by atoms with van der Waals surface area (Å²) in [5.41, 5.74) is 6.87. The summed E-state index contributed by atoms with van der Waals surface area (Å²) in [4.78, 5) is 11.0. The van der Waals surface area contributed by atoms with Crippen LogP contribution >= 0.6 is 23.2 Å². The maximum absolute atomic E-state index is 11.0. The Kier molecular flexibility index (Phi) is 7.86. The van der Waals surface area contributed by atoms with E-state index < -0.39 is 0 Å². The standard InChI is InChI=1S/C15H21Cl2NO3/c1-3-12(18)8-10-7-11(16)9-13(17)15(10)21-6-4-5-14(19)20-2/h7,9,12H,3-6,8,18H2,1-2H3. The average Bonchev–Trinajstić information content (AvgIpc) is 2.44. The first-order valence-corrected chi connectivity index (χ1v) is 7.66. The largest absolute Gasteiger partial charge is 0.492 e. The van der Waals surface area contributed by atoms with E-state index in [0.29, 0.717) is 41.7 Å². The number of halogens is 2. The number of ether oxygens (including phenoxy) is 2. The molecule has 0 radical (unpaired) electrons. The number of nitrogens with two attached hydrogens (primary N) is 1. The van der Waals surface area contributed by atoms with E-state index in [1.165, 1.54) is 7.11 Å². The molecule has 2 N–H and O–H groups in total.